The lowest BCUT2D eigenvalue weighted by Crippen LogP contribution is -2.41. The van der Waals surface area contributed by atoms with Crippen molar-refractivity contribution in [2.45, 2.75) is 32.0 Å². The second kappa shape index (κ2) is 8.70. The summed E-state index contributed by atoms with van der Waals surface area (Å²) >= 11 is 0. The average Bonchev–Trinajstić information content (AvgIpc) is 3.04. The Morgan fingerprint density at radius 1 is 1.41 bits per heavy atom. The van der Waals surface area contributed by atoms with Crippen molar-refractivity contribution in [3.05, 3.63) is 35.6 Å². The van der Waals surface area contributed by atoms with Crippen molar-refractivity contribution in [1.29, 1.82) is 0 Å². The molecule has 1 fully saturated rings. The van der Waals surface area contributed by atoms with Gasteiger partial charge in [-0.05, 0) is 37.5 Å². The number of rotatable bonds is 6. The van der Waals surface area contributed by atoms with E-state index in [1.54, 1.807) is 12.1 Å². The van der Waals surface area contributed by atoms with E-state index in [0.29, 0.717) is 18.1 Å². The zero-order valence-electron chi connectivity index (χ0n) is 12.9. The molecule has 122 valence electrons. The SMILES string of the molecule is CCNC(=NCC(O)c1ccc(F)cc1)NCC1CCCO1. The number of aliphatic hydroxyl groups excluding tert-OH is 1. The molecule has 1 heterocycles. The lowest BCUT2D eigenvalue weighted by Gasteiger charge is -2.15. The Bertz CT molecular complexity index is 473. The van der Waals surface area contributed by atoms with Crippen LogP contribution >= 0.6 is 0 Å². The molecule has 0 amide bonds. The minimum Gasteiger partial charge on any atom is -0.386 e. The van der Waals surface area contributed by atoms with Gasteiger partial charge in [0.1, 0.15) is 5.82 Å². The molecule has 1 aromatic carbocycles. The topological polar surface area (TPSA) is 65.9 Å². The molecule has 0 bridgehead atoms. The van der Waals surface area contributed by atoms with E-state index >= 15 is 0 Å². The summed E-state index contributed by atoms with van der Waals surface area (Å²) in [4.78, 5) is 4.37. The molecule has 0 radical (unpaired) electrons. The predicted octanol–water partition coefficient (Wildman–Crippen LogP) is 1.59. The van der Waals surface area contributed by atoms with E-state index in [1.165, 1.54) is 12.1 Å². The van der Waals surface area contributed by atoms with Gasteiger partial charge in [0.2, 0.25) is 0 Å². The van der Waals surface area contributed by atoms with Crippen LogP contribution in [0.5, 0.6) is 0 Å². The average molecular weight is 309 g/mol. The van der Waals surface area contributed by atoms with Crippen LogP contribution < -0.4 is 10.6 Å². The fourth-order valence-corrected chi connectivity index (χ4v) is 2.33. The molecule has 1 aliphatic rings. The number of nitrogens with one attached hydrogen (secondary N) is 2. The van der Waals surface area contributed by atoms with Crippen molar-refractivity contribution in [1.82, 2.24) is 10.6 Å². The highest BCUT2D eigenvalue weighted by Crippen LogP contribution is 2.13. The molecule has 0 aromatic heterocycles. The number of benzene rings is 1. The maximum absolute atomic E-state index is 12.9. The number of guanidine groups is 1. The standard InChI is InChI=1S/C16H24FN3O2/c1-2-18-16(19-10-14-4-3-9-22-14)20-11-15(21)12-5-7-13(17)8-6-12/h5-8,14-15,21H,2-4,9-11H2,1H3,(H2,18,19,20). The van der Waals surface area contributed by atoms with Crippen LogP contribution in [0.25, 0.3) is 0 Å². The highest BCUT2D eigenvalue weighted by Gasteiger charge is 2.15. The first-order valence-electron chi connectivity index (χ1n) is 7.76. The van der Waals surface area contributed by atoms with Gasteiger partial charge in [0.05, 0.1) is 18.8 Å². The molecule has 5 nitrogen and oxygen atoms in total. The van der Waals surface area contributed by atoms with Gasteiger partial charge in [0, 0.05) is 19.7 Å². The number of aliphatic imine (C=N–C) groups is 1. The molecule has 1 aromatic rings. The third-order valence-electron chi connectivity index (χ3n) is 3.54. The molecule has 2 rings (SSSR count). The van der Waals surface area contributed by atoms with Crippen molar-refractivity contribution >= 4 is 5.96 Å². The first-order valence-corrected chi connectivity index (χ1v) is 7.76. The molecule has 3 N–H and O–H groups in total. The van der Waals surface area contributed by atoms with E-state index in [-0.39, 0.29) is 18.5 Å². The van der Waals surface area contributed by atoms with Crippen LogP contribution in [0, 0.1) is 5.82 Å². The monoisotopic (exact) mass is 309 g/mol. The molecule has 22 heavy (non-hydrogen) atoms. The fourth-order valence-electron chi connectivity index (χ4n) is 2.33. The van der Waals surface area contributed by atoms with E-state index in [1.807, 2.05) is 6.92 Å². The molecular formula is C16H24FN3O2. The van der Waals surface area contributed by atoms with E-state index in [4.69, 9.17) is 4.74 Å². The van der Waals surface area contributed by atoms with E-state index in [2.05, 4.69) is 15.6 Å². The maximum Gasteiger partial charge on any atom is 0.191 e. The van der Waals surface area contributed by atoms with Crippen LogP contribution in [0.2, 0.25) is 0 Å². The van der Waals surface area contributed by atoms with Crippen LogP contribution in [-0.4, -0.2) is 43.4 Å². The first-order chi connectivity index (χ1) is 10.7. The highest BCUT2D eigenvalue weighted by molar-refractivity contribution is 5.79. The number of halogens is 1. The summed E-state index contributed by atoms with van der Waals surface area (Å²) < 4.78 is 18.4. The van der Waals surface area contributed by atoms with Gasteiger partial charge in [-0.15, -0.1) is 0 Å². The van der Waals surface area contributed by atoms with Gasteiger partial charge < -0.3 is 20.5 Å². The molecule has 0 saturated carbocycles. The van der Waals surface area contributed by atoms with Gasteiger partial charge >= 0.3 is 0 Å². The predicted molar refractivity (Wildman–Crippen MR) is 84.3 cm³/mol. The second-order valence-electron chi connectivity index (χ2n) is 5.30. The molecular weight excluding hydrogens is 285 g/mol. The van der Waals surface area contributed by atoms with E-state index in [0.717, 1.165) is 26.0 Å². The zero-order chi connectivity index (χ0) is 15.8. The Balaban J connectivity index is 1.86. The van der Waals surface area contributed by atoms with Crippen molar-refractivity contribution < 1.29 is 14.2 Å². The first kappa shape index (κ1) is 16.7. The summed E-state index contributed by atoms with van der Waals surface area (Å²) in [7, 11) is 0. The summed E-state index contributed by atoms with van der Waals surface area (Å²) in [5.41, 5.74) is 0.653. The van der Waals surface area contributed by atoms with Crippen LogP contribution in [0.4, 0.5) is 4.39 Å². The van der Waals surface area contributed by atoms with E-state index < -0.39 is 6.10 Å². The van der Waals surface area contributed by atoms with E-state index in [9.17, 15) is 9.50 Å². The zero-order valence-corrected chi connectivity index (χ0v) is 12.9. The van der Waals surface area contributed by atoms with Gasteiger partial charge in [0.25, 0.3) is 0 Å². The Labute approximate surface area is 130 Å². The lowest BCUT2D eigenvalue weighted by molar-refractivity contribution is 0.113. The summed E-state index contributed by atoms with van der Waals surface area (Å²) in [6.07, 6.45) is 1.64. The Morgan fingerprint density at radius 3 is 2.82 bits per heavy atom. The van der Waals surface area contributed by atoms with Crippen LogP contribution in [0.15, 0.2) is 29.3 Å². The quantitative estimate of drug-likeness (QED) is 0.551. The van der Waals surface area contributed by atoms with Gasteiger partial charge in [0.15, 0.2) is 5.96 Å². The number of nitrogens with zero attached hydrogens (tertiary/aromatic N) is 1. The smallest absolute Gasteiger partial charge is 0.191 e. The molecule has 0 aliphatic carbocycles. The molecule has 1 saturated heterocycles. The number of hydrogen-bond donors (Lipinski definition) is 3. The van der Waals surface area contributed by atoms with Crippen molar-refractivity contribution in [2.75, 3.05) is 26.2 Å². The molecule has 2 atom stereocenters. The fraction of sp³-hybridized carbons (Fsp3) is 0.562. The van der Waals surface area contributed by atoms with Gasteiger partial charge in [-0.25, -0.2) is 4.39 Å². The number of hydrogen-bond acceptors (Lipinski definition) is 3. The van der Waals surface area contributed by atoms with Crippen LogP contribution in [0.3, 0.4) is 0 Å². The molecule has 1 aliphatic heterocycles. The van der Waals surface area contributed by atoms with Crippen LogP contribution in [-0.2, 0) is 4.74 Å². The minimum absolute atomic E-state index is 0.215. The molecule has 2 unspecified atom stereocenters. The third kappa shape index (κ3) is 5.27. The normalized spacial score (nSPS) is 20.0. The highest BCUT2D eigenvalue weighted by atomic mass is 19.1. The summed E-state index contributed by atoms with van der Waals surface area (Å²) in [6.45, 7) is 4.47. The number of ether oxygens (including phenoxy) is 1. The summed E-state index contributed by atoms with van der Waals surface area (Å²) in [5, 5.41) is 16.5. The summed E-state index contributed by atoms with van der Waals surface area (Å²) in [6, 6.07) is 5.82. The Morgan fingerprint density at radius 2 is 2.18 bits per heavy atom. The second-order valence-corrected chi connectivity index (χ2v) is 5.30. The largest absolute Gasteiger partial charge is 0.386 e. The maximum atomic E-state index is 12.9. The van der Waals surface area contributed by atoms with Gasteiger partial charge in [-0.2, -0.15) is 0 Å². The minimum atomic E-state index is -0.751. The summed E-state index contributed by atoms with van der Waals surface area (Å²) in [5.74, 6) is 0.338. The third-order valence-corrected chi connectivity index (χ3v) is 3.54. The van der Waals surface area contributed by atoms with Gasteiger partial charge in [-0.1, -0.05) is 12.1 Å². The molecule has 6 heteroatoms. The van der Waals surface area contributed by atoms with Crippen molar-refractivity contribution in [3.63, 3.8) is 0 Å². The van der Waals surface area contributed by atoms with Gasteiger partial charge in [-0.3, -0.25) is 4.99 Å². The lowest BCUT2D eigenvalue weighted by atomic mass is 10.1. The Kier molecular flexibility index (Phi) is 6.61. The van der Waals surface area contributed by atoms with Crippen molar-refractivity contribution in [2.24, 2.45) is 4.99 Å². The number of aliphatic hydroxyl groups is 1. The Hall–Kier alpha value is -1.66. The molecule has 0 spiro atoms. The van der Waals surface area contributed by atoms with Crippen molar-refractivity contribution in [3.8, 4) is 0 Å². The van der Waals surface area contributed by atoms with Crippen LogP contribution in [0.1, 0.15) is 31.4 Å².